The van der Waals surface area contributed by atoms with E-state index in [4.69, 9.17) is 11.6 Å². The van der Waals surface area contributed by atoms with Gasteiger partial charge in [0, 0.05) is 10.9 Å². The number of alkyl halides is 7. The van der Waals surface area contributed by atoms with E-state index in [1.165, 1.54) is 0 Å². The van der Waals surface area contributed by atoms with Crippen LogP contribution in [0.1, 0.15) is 21.6 Å². The summed E-state index contributed by atoms with van der Waals surface area (Å²) in [5.74, 6) is -1.19. The fourth-order valence-electron chi connectivity index (χ4n) is 1.32. The van der Waals surface area contributed by atoms with Gasteiger partial charge in [-0.3, -0.25) is 4.79 Å². The second kappa shape index (κ2) is 5.76. The second-order valence-electron chi connectivity index (χ2n) is 3.28. The topological polar surface area (TPSA) is 39.2 Å². The number of nitrogens with zero attached hydrogens (tertiary/aromatic N) is 1. The normalized spacial score (nSPS) is 12.4. The SMILES string of the molecule is O=C(Cl)c1c(OC(F)(F)F)cnc(C(F)(F)F)c1CBr. The first kappa shape index (κ1) is 17.0. The van der Waals surface area contributed by atoms with Crippen LogP contribution < -0.4 is 4.74 Å². The first-order valence-electron chi connectivity index (χ1n) is 4.58. The van der Waals surface area contributed by atoms with Gasteiger partial charge in [0.1, 0.15) is 5.69 Å². The summed E-state index contributed by atoms with van der Waals surface area (Å²) in [7, 11) is 0. The van der Waals surface area contributed by atoms with Crippen molar-refractivity contribution in [2.45, 2.75) is 17.9 Å². The third kappa shape index (κ3) is 3.98. The number of halogens is 8. The van der Waals surface area contributed by atoms with E-state index in [9.17, 15) is 31.1 Å². The molecule has 0 radical (unpaired) electrons. The Kier molecular flexibility index (Phi) is 4.90. The first-order valence-corrected chi connectivity index (χ1v) is 6.08. The maximum atomic E-state index is 12.6. The third-order valence-corrected chi connectivity index (χ3v) is 2.72. The van der Waals surface area contributed by atoms with Gasteiger partial charge in [-0.25, -0.2) is 4.98 Å². The number of ether oxygens (including phenoxy) is 1. The van der Waals surface area contributed by atoms with E-state index in [-0.39, 0.29) is 6.20 Å². The number of hydrogen-bond acceptors (Lipinski definition) is 3. The van der Waals surface area contributed by atoms with Crippen molar-refractivity contribution in [3.05, 3.63) is 23.0 Å². The maximum absolute atomic E-state index is 12.6. The fraction of sp³-hybridized carbons (Fsp3) is 0.333. The summed E-state index contributed by atoms with van der Waals surface area (Å²) < 4.78 is 77.7. The molecule has 1 rings (SSSR count). The van der Waals surface area contributed by atoms with Crippen LogP contribution in [0, 0.1) is 0 Å². The molecular weight excluding hydrogens is 383 g/mol. The van der Waals surface area contributed by atoms with Crippen molar-refractivity contribution < 1.29 is 35.9 Å². The van der Waals surface area contributed by atoms with Crippen LogP contribution in [0.15, 0.2) is 6.20 Å². The van der Waals surface area contributed by atoms with Crippen LogP contribution in [0.5, 0.6) is 5.75 Å². The van der Waals surface area contributed by atoms with Gasteiger partial charge in [0.2, 0.25) is 0 Å². The van der Waals surface area contributed by atoms with Crippen LogP contribution in [0.25, 0.3) is 0 Å². The van der Waals surface area contributed by atoms with Gasteiger partial charge in [0.05, 0.1) is 11.8 Å². The molecule has 0 aromatic carbocycles. The van der Waals surface area contributed by atoms with Crippen molar-refractivity contribution in [2.75, 3.05) is 0 Å². The molecule has 0 spiro atoms. The van der Waals surface area contributed by atoms with E-state index in [1.807, 2.05) is 0 Å². The highest BCUT2D eigenvalue weighted by atomic mass is 79.9. The number of hydrogen-bond donors (Lipinski definition) is 0. The number of rotatable bonds is 3. The average molecular weight is 386 g/mol. The average Bonchev–Trinajstić information content (AvgIpc) is 2.23. The van der Waals surface area contributed by atoms with Gasteiger partial charge in [-0.05, 0) is 11.6 Å². The third-order valence-electron chi connectivity index (χ3n) is 1.97. The van der Waals surface area contributed by atoms with Crippen LogP contribution in [-0.4, -0.2) is 16.6 Å². The summed E-state index contributed by atoms with van der Waals surface area (Å²) in [5.41, 5.74) is -3.39. The fourth-order valence-corrected chi connectivity index (χ4v) is 2.08. The molecule has 0 aliphatic heterocycles. The Labute approximate surface area is 121 Å². The van der Waals surface area contributed by atoms with E-state index < -0.39 is 45.7 Å². The van der Waals surface area contributed by atoms with Gasteiger partial charge < -0.3 is 4.74 Å². The van der Waals surface area contributed by atoms with Crippen LogP contribution in [0.3, 0.4) is 0 Å². The Bertz CT molecular complexity index is 530. The van der Waals surface area contributed by atoms with E-state index in [0.29, 0.717) is 0 Å². The minimum Gasteiger partial charge on any atom is -0.403 e. The molecule has 0 amide bonds. The minimum absolute atomic E-state index is 0.151. The molecule has 0 atom stereocenters. The molecule has 0 saturated carbocycles. The lowest BCUT2D eigenvalue weighted by Gasteiger charge is -2.17. The van der Waals surface area contributed by atoms with E-state index >= 15 is 0 Å². The van der Waals surface area contributed by atoms with Gasteiger partial charge in [0.15, 0.2) is 5.75 Å². The molecule has 3 nitrogen and oxygen atoms in total. The van der Waals surface area contributed by atoms with Crippen LogP contribution in [0.4, 0.5) is 26.3 Å². The van der Waals surface area contributed by atoms with Gasteiger partial charge in [-0.15, -0.1) is 13.2 Å². The van der Waals surface area contributed by atoms with Crippen molar-refractivity contribution in [3.8, 4) is 5.75 Å². The number of pyridine rings is 1. The van der Waals surface area contributed by atoms with Crippen molar-refractivity contribution in [3.63, 3.8) is 0 Å². The van der Waals surface area contributed by atoms with Crippen LogP contribution >= 0.6 is 27.5 Å². The highest BCUT2D eigenvalue weighted by molar-refractivity contribution is 9.08. The molecule has 1 aromatic heterocycles. The zero-order chi connectivity index (χ0) is 15.7. The molecule has 11 heteroatoms. The highest BCUT2D eigenvalue weighted by Gasteiger charge is 2.40. The molecule has 0 bridgehead atoms. The van der Waals surface area contributed by atoms with Gasteiger partial charge in [-0.2, -0.15) is 13.2 Å². The summed E-state index contributed by atoms with van der Waals surface area (Å²) in [4.78, 5) is 14.0. The lowest BCUT2D eigenvalue weighted by Crippen LogP contribution is -2.21. The maximum Gasteiger partial charge on any atom is 0.573 e. The molecule has 0 aliphatic carbocycles. The van der Waals surface area contributed by atoms with Crippen LogP contribution in [0.2, 0.25) is 0 Å². The zero-order valence-corrected chi connectivity index (χ0v) is 11.4. The standard InChI is InChI=1S/C9H3BrClF6NO2/c10-1-3-5(7(11)19)4(20-9(15,16)17)2-18-6(3)8(12,13)14/h2H,1H2. The molecule has 0 N–H and O–H groups in total. The Hall–Kier alpha value is -1.03. The van der Waals surface area contributed by atoms with Gasteiger partial charge in [0.25, 0.3) is 5.24 Å². The summed E-state index contributed by atoms with van der Waals surface area (Å²) in [6.07, 6.45) is -10.0. The molecular formula is C9H3BrClF6NO2. The second-order valence-corrected chi connectivity index (χ2v) is 4.18. The minimum atomic E-state index is -5.20. The summed E-state index contributed by atoms with van der Waals surface area (Å²) in [6, 6.07) is 0. The number of carbonyl (C=O) groups excluding carboxylic acids is 1. The van der Waals surface area contributed by atoms with Crippen LogP contribution in [-0.2, 0) is 11.5 Å². The molecule has 1 heterocycles. The lowest BCUT2D eigenvalue weighted by atomic mass is 10.1. The molecule has 0 fully saturated rings. The molecule has 0 aliphatic rings. The van der Waals surface area contributed by atoms with Gasteiger partial charge in [-0.1, -0.05) is 15.9 Å². The zero-order valence-electron chi connectivity index (χ0n) is 9.07. The lowest BCUT2D eigenvalue weighted by molar-refractivity contribution is -0.274. The van der Waals surface area contributed by atoms with E-state index in [1.54, 1.807) is 0 Å². The number of aromatic nitrogens is 1. The predicted octanol–water partition coefficient (Wildman–Crippen LogP) is 4.27. The largest absolute Gasteiger partial charge is 0.573 e. The van der Waals surface area contributed by atoms with Crippen molar-refractivity contribution >= 4 is 32.8 Å². The Morgan fingerprint density at radius 2 is 1.85 bits per heavy atom. The summed E-state index contributed by atoms with van der Waals surface area (Å²) in [5, 5.41) is -2.11. The summed E-state index contributed by atoms with van der Waals surface area (Å²) >= 11 is 7.69. The predicted molar refractivity (Wildman–Crippen MR) is 58.7 cm³/mol. The quantitative estimate of drug-likeness (QED) is 0.442. The summed E-state index contributed by atoms with van der Waals surface area (Å²) in [6.45, 7) is 0. The van der Waals surface area contributed by atoms with E-state index in [2.05, 4.69) is 25.7 Å². The van der Waals surface area contributed by atoms with Crippen molar-refractivity contribution in [1.29, 1.82) is 0 Å². The smallest absolute Gasteiger partial charge is 0.403 e. The monoisotopic (exact) mass is 385 g/mol. The molecule has 0 saturated heterocycles. The Morgan fingerprint density at radius 1 is 1.30 bits per heavy atom. The molecule has 0 unspecified atom stereocenters. The van der Waals surface area contributed by atoms with Crippen molar-refractivity contribution in [1.82, 2.24) is 4.98 Å². The Balaban J connectivity index is 3.55. The highest BCUT2D eigenvalue weighted by Crippen LogP contribution is 2.38. The molecule has 112 valence electrons. The first-order chi connectivity index (χ1) is 8.97. The molecule has 20 heavy (non-hydrogen) atoms. The van der Waals surface area contributed by atoms with E-state index in [0.717, 1.165) is 0 Å². The molecule has 1 aromatic rings. The number of carbonyl (C=O) groups is 1. The van der Waals surface area contributed by atoms with Crippen molar-refractivity contribution in [2.24, 2.45) is 0 Å². The Morgan fingerprint density at radius 3 is 2.20 bits per heavy atom. The van der Waals surface area contributed by atoms with Gasteiger partial charge >= 0.3 is 12.5 Å².